The summed E-state index contributed by atoms with van der Waals surface area (Å²) in [6.07, 6.45) is -2.10. The van der Waals surface area contributed by atoms with E-state index in [-0.39, 0.29) is 43.2 Å². The number of hydrogen-bond acceptors (Lipinski definition) is 8. The number of nitrogens with zero attached hydrogens (tertiary/aromatic N) is 6. The van der Waals surface area contributed by atoms with Crippen molar-refractivity contribution in [2.24, 2.45) is 7.05 Å². The number of halogens is 3. The van der Waals surface area contributed by atoms with Gasteiger partial charge >= 0.3 is 6.18 Å². The molecule has 2 amide bonds. The number of rotatable bonds is 7. The number of carbonyl (C=O) groups excluding carboxylic acids is 2. The first-order valence-corrected chi connectivity index (χ1v) is 11.8. The smallest absolute Gasteiger partial charge is 0.417 e. The molecule has 39 heavy (non-hydrogen) atoms. The highest BCUT2D eigenvalue weighted by Gasteiger charge is 2.30. The minimum atomic E-state index is -4.49. The Morgan fingerprint density at radius 2 is 1.95 bits per heavy atom. The van der Waals surface area contributed by atoms with E-state index in [2.05, 4.69) is 25.5 Å². The molecule has 0 bridgehead atoms. The fourth-order valence-corrected chi connectivity index (χ4v) is 3.95. The Morgan fingerprint density at radius 3 is 2.64 bits per heavy atom. The van der Waals surface area contributed by atoms with Gasteiger partial charge in [0.05, 0.1) is 36.0 Å². The van der Waals surface area contributed by atoms with Gasteiger partial charge < -0.3 is 19.5 Å². The van der Waals surface area contributed by atoms with Gasteiger partial charge in [-0.3, -0.25) is 14.3 Å². The zero-order valence-electron chi connectivity index (χ0n) is 20.6. The molecule has 0 aliphatic carbocycles. The van der Waals surface area contributed by atoms with Crippen LogP contribution in [-0.4, -0.2) is 61.3 Å². The van der Waals surface area contributed by atoms with Crippen LogP contribution in [0.1, 0.15) is 16.8 Å². The lowest BCUT2D eigenvalue weighted by Gasteiger charge is -2.26. The Balaban J connectivity index is 1.25. The summed E-state index contributed by atoms with van der Waals surface area (Å²) in [5.74, 6) is 0.216. The summed E-state index contributed by atoms with van der Waals surface area (Å²) in [7, 11) is 1.68. The number of alkyl halides is 3. The maximum absolute atomic E-state index is 12.8. The van der Waals surface area contributed by atoms with E-state index in [9.17, 15) is 22.8 Å². The van der Waals surface area contributed by atoms with Crippen LogP contribution in [0.15, 0.2) is 53.3 Å². The molecule has 202 valence electrons. The van der Waals surface area contributed by atoms with Gasteiger partial charge in [0.25, 0.3) is 5.89 Å². The minimum absolute atomic E-state index is 0.0171. The van der Waals surface area contributed by atoms with E-state index in [4.69, 9.17) is 9.26 Å². The molecule has 4 heterocycles. The minimum Gasteiger partial charge on any atom is -0.471 e. The highest BCUT2D eigenvalue weighted by molar-refractivity contribution is 5.87. The molecule has 0 saturated carbocycles. The van der Waals surface area contributed by atoms with Gasteiger partial charge in [-0.15, -0.1) is 0 Å². The third-order valence-corrected chi connectivity index (χ3v) is 6.10. The van der Waals surface area contributed by atoms with Crippen LogP contribution in [0, 0.1) is 0 Å². The normalized spacial score (nSPS) is 13.8. The summed E-state index contributed by atoms with van der Waals surface area (Å²) in [6.45, 7) is 0.936. The lowest BCUT2D eigenvalue weighted by Crippen LogP contribution is -2.50. The van der Waals surface area contributed by atoms with Crippen molar-refractivity contribution in [1.29, 1.82) is 0 Å². The van der Waals surface area contributed by atoms with Gasteiger partial charge in [-0.25, -0.2) is 4.98 Å². The van der Waals surface area contributed by atoms with Crippen LogP contribution >= 0.6 is 0 Å². The molecule has 0 unspecified atom stereocenters. The Hall–Kier alpha value is -4.75. The van der Waals surface area contributed by atoms with E-state index in [1.807, 2.05) is 0 Å². The van der Waals surface area contributed by atoms with E-state index >= 15 is 0 Å². The monoisotopic (exact) mass is 541 g/mol. The van der Waals surface area contributed by atoms with Gasteiger partial charge in [-0.1, -0.05) is 29.4 Å². The van der Waals surface area contributed by atoms with Gasteiger partial charge in [0.2, 0.25) is 23.5 Å². The molecule has 14 heteroatoms. The largest absolute Gasteiger partial charge is 0.471 e. The Morgan fingerprint density at radius 1 is 1.15 bits per heavy atom. The first-order chi connectivity index (χ1) is 18.7. The molecule has 11 nitrogen and oxygen atoms in total. The third kappa shape index (κ3) is 5.89. The maximum Gasteiger partial charge on any atom is 0.417 e. The van der Waals surface area contributed by atoms with Crippen molar-refractivity contribution >= 4 is 11.8 Å². The number of ether oxygens (including phenoxy) is 1. The van der Waals surface area contributed by atoms with Crippen molar-refractivity contribution in [3.63, 3.8) is 0 Å². The van der Waals surface area contributed by atoms with E-state index in [1.165, 1.54) is 15.8 Å². The van der Waals surface area contributed by atoms with Crippen LogP contribution in [0.4, 0.5) is 13.2 Å². The van der Waals surface area contributed by atoms with Gasteiger partial charge in [-0.05, 0) is 11.6 Å². The molecule has 1 aliphatic rings. The van der Waals surface area contributed by atoms with Crippen molar-refractivity contribution in [2.45, 2.75) is 19.2 Å². The van der Waals surface area contributed by atoms with Gasteiger partial charge in [0.15, 0.2) is 0 Å². The first-order valence-electron chi connectivity index (χ1n) is 11.8. The Kier molecular flexibility index (Phi) is 7.00. The van der Waals surface area contributed by atoms with Gasteiger partial charge in [0.1, 0.15) is 6.61 Å². The molecule has 5 rings (SSSR count). The fourth-order valence-electron chi connectivity index (χ4n) is 3.95. The molecule has 4 aromatic rings. The van der Waals surface area contributed by atoms with Gasteiger partial charge in [0, 0.05) is 38.0 Å². The number of aryl methyl sites for hydroxylation is 1. The van der Waals surface area contributed by atoms with Gasteiger partial charge in [-0.2, -0.15) is 23.3 Å². The first kappa shape index (κ1) is 25.9. The van der Waals surface area contributed by atoms with Crippen molar-refractivity contribution in [3.8, 4) is 28.7 Å². The highest BCUT2D eigenvalue weighted by atomic mass is 19.4. The average Bonchev–Trinajstić information content (AvgIpc) is 3.54. The van der Waals surface area contributed by atoms with Crippen molar-refractivity contribution in [1.82, 2.24) is 35.1 Å². The Labute approximate surface area is 219 Å². The second-order valence-electron chi connectivity index (χ2n) is 8.76. The van der Waals surface area contributed by atoms with Crippen molar-refractivity contribution in [3.05, 3.63) is 65.6 Å². The molecule has 0 radical (unpaired) electrons. The van der Waals surface area contributed by atoms with E-state index in [0.29, 0.717) is 41.9 Å². The van der Waals surface area contributed by atoms with Crippen LogP contribution in [-0.2, 0) is 35.8 Å². The molecular formula is C25H22F3N7O4. The van der Waals surface area contributed by atoms with Crippen LogP contribution in [0.3, 0.4) is 0 Å². The summed E-state index contributed by atoms with van der Waals surface area (Å²) < 4.78 is 50.8. The number of piperazine rings is 1. The SMILES string of the molecule is Cn1ncc(-c2nc(-c3ccc(CC(=O)N4CCNC(=O)C4)cc3)no2)c1COc1ccc(C(F)(F)F)cn1. The van der Waals surface area contributed by atoms with E-state index in [1.54, 1.807) is 31.3 Å². The predicted molar refractivity (Wildman–Crippen MR) is 129 cm³/mol. The number of nitrogens with one attached hydrogen (secondary N) is 1. The molecule has 0 spiro atoms. The van der Waals surface area contributed by atoms with Crippen molar-refractivity contribution < 1.29 is 32.0 Å². The number of aromatic nitrogens is 5. The third-order valence-electron chi connectivity index (χ3n) is 6.10. The summed E-state index contributed by atoms with van der Waals surface area (Å²) in [4.78, 5) is 33.7. The lowest BCUT2D eigenvalue weighted by molar-refractivity contribution is -0.138. The molecule has 1 aliphatic heterocycles. The molecule has 3 aromatic heterocycles. The molecule has 0 atom stereocenters. The van der Waals surface area contributed by atoms with E-state index in [0.717, 1.165) is 17.7 Å². The number of carbonyl (C=O) groups is 2. The van der Waals surface area contributed by atoms with Crippen LogP contribution in [0.2, 0.25) is 0 Å². The predicted octanol–water partition coefficient (Wildman–Crippen LogP) is 2.63. The van der Waals surface area contributed by atoms with Crippen LogP contribution < -0.4 is 10.1 Å². The topological polar surface area (TPSA) is 128 Å². The number of pyridine rings is 1. The molecular weight excluding hydrogens is 519 g/mol. The summed E-state index contributed by atoms with van der Waals surface area (Å²) in [5.41, 5.74) is 1.62. The highest BCUT2D eigenvalue weighted by Crippen LogP contribution is 2.30. The summed E-state index contributed by atoms with van der Waals surface area (Å²) in [5, 5.41) is 10.9. The summed E-state index contributed by atoms with van der Waals surface area (Å²) in [6, 6.07) is 9.14. The fraction of sp³-hybridized carbons (Fsp3) is 0.280. The van der Waals surface area contributed by atoms with Crippen LogP contribution in [0.25, 0.3) is 22.8 Å². The van der Waals surface area contributed by atoms with Crippen LogP contribution in [0.5, 0.6) is 5.88 Å². The number of benzene rings is 1. The zero-order chi connectivity index (χ0) is 27.6. The Bertz CT molecular complexity index is 1480. The zero-order valence-corrected chi connectivity index (χ0v) is 20.6. The number of amides is 2. The molecule has 1 saturated heterocycles. The number of hydrogen-bond donors (Lipinski definition) is 1. The maximum atomic E-state index is 12.8. The van der Waals surface area contributed by atoms with E-state index < -0.39 is 11.7 Å². The quantitative estimate of drug-likeness (QED) is 0.378. The average molecular weight is 541 g/mol. The van der Waals surface area contributed by atoms with Crippen molar-refractivity contribution in [2.75, 3.05) is 19.6 Å². The standard InChI is InChI=1S/C25H22F3N7O4/c1-34-19(14-38-21-7-6-17(11-30-21)25(26,27)28)18(12-31-34)24-32-23(33-39-24)16-4-2-15(3-5-16)10-22(37)35-9-8-29-20(36)13-35/h2-7,11-12H,8-10,13-14H2,1H3,(H,29,36). The molecule has 1 aromatic carbocycles. The molecule has 1 N–H and O–H groups in total. The second-order valence-corrected chi connectivity index (χ2v) is 8.76. The molecule has 1 fully saturated rings. The summed E-state index contributed by atoms with van der Waals surface area (Å²) >= 11 is 0. The second kappa shape index (κ2) is 10.6. The lowest BCUT2D eigenvalue weighted by atomic mass is 10.1.